The Bertz CT molecular complexity index is 775. The van der Waals surface area contributed by atoms with Gasteiger partial charge in [-0.2, -0.15) is 0 Å². The molecule has 0 radical (unpaired) electrons. The first-order chi connectivity index (χ1) is 11.5. The second kappa shape index (κ2) is 7.55. The summed E-state index contributed by atoms with van der Waals surface area (Å²) in [5.41, 5.74) is 1.18. The van der Waals surface area contributed by atoms with Gasteiger partial charge in [-0.15, -0.1) is 0 Å². The molecular weight excluding hydrogens is 400 g/mol. The van der Waals surface area contributed by atoms with E-state index in [9.17, 15) is 5.11 Å². The summed E-state index contributed by atoms with van der Waals surface area (Å²) < 4.78 is 8.21. The Morgan fingerprint density at radius 1 is 1.36 bits per heavy atom. The van der Waals surface area contributed by atoms with Crippen LogP contribution in [0.15, 0.2) is 22.0 Å². The van der Waals surface area contributed by atoms with Crippen molar-refractivity contribution >= 4 is 41.1 Å². The Morgan fingerprint density at radius 2 is 2.04 bits per heavy atom. The third-order valence-electron chi connectivity index (χ3n) is 3.43. The minimum absolute atomic E-state index is 0.286. The molecule has 138 valence electrons. The molecule has 0 N–H and O–H groups in total. The highest BCUT2D eigenvalue weighted by Gasteiger charge is 2.16. The molecule has 0 atom stereocenters. The predicted molar refractivity (Wildman–Crippen MR) is 106 cm³/mol. The Kier molecular flexibility index (Phi) is 6.06. The molecule has 0 fully saturated rings. The van der Waals surface area contributed by atoms with Gasteiger partial charge in [0.2, 0.25) is 0 Å². The van der Waals surface area contributed by atoms with Crippen molar-refractivity contribution in [1.29, 1.82) is 0 Å². The lowest BCUT2D eigenvalue weighted by Crippen LogP contribution is -2.24. The van der Waals surface area contributed by atoms with Crippen molar-refractivity contribution < 1.29 is 9.84 Å². The van der Waals surface area contributed by atoms with Crippen LogP contribution in [0.4, 0.5) is 0 Å². The van der Waals surface area contributed by atoms with Gasteiger partial charge in [-0.05, 0) is 48.6 Å². The lowest BCUT2D eigenvalue weighted by molar-refractivity contribution is -0.213. The van der Waals surface area contributed by atoms with Gasteiger partial charge in [0.25, 0.3) is 0 Å². The SMILES string of the molecule is CC(C)(C)N=C([O-])c1cn(COCC[Si](C)(C)C)c2ncc(Br)nc12. The summed E-state index contributed by atoms with van der Waals surface area (Å²) in [6.07, 6.45) is 3.36. The molecule has 0 saturated heterocycles. The van der Waals surface area contributed by atoms with Crippen LogP contribution in [-0.2, 0) is 11.5 Å². The van der Waals surface area contributed by atoms with Crippen molar-refractivity contribution in [3.8, 4) is 0 Å². The molecule has 2 aromatic rings. The van der Waals surface area contributed by atoms with Gasteiger partial charge in [-0.25, -0.2) is 9.97 Å². The molecule has 2 aromatic heterocycles. The van der Waals surface area contributed by atoms with E-state index in [1.807, 2.05) is 25.3 Å². The van der Waals surface area contributed by atoms with Crippen molar-refractivity contribution in [2.24, 2.45) is 4.99 Å². The minimum atomic E-state index is -1.13. The molecule has 8 heteroatoms. The third-order valence-corrected chi connectivity index (χ3v) is 5.52. The Balaban J connectivity index is 2.31. The van der Waals surface area contributed by atoms with E-state index in [2.05, 4.69) is 50.5 Å². The second-order valence-corrected chi connectivity index (χ2v) is 14.7. The summed E-state index contributed by atoms with van der Waals surface area (Å²) in [6, 6.07) is 1.09. The van der Waals surface area contributed by atoms with Crippen LogP contribution >= 0.6 is 15.9 Å². The van der Waals surface area contributed by atoms with Crippen molar-refractivity contribution in [3.05, 3.63) is 22.6 Å². The first-order valence-corrected chi connectivity index (χ1v) is 12.8. The fourth-order valence-electron chi connectivity index (χ4n) is 2.19. The number of rotatable bonds is 6. The molecule has 0 saturated carbocycles. The number of halogens is 1. The molecule has 0 unspecified atom stereocenters. The van der Waals surface area contributed by atoms with E-state index in [1.165, 1.54) is 0 Å². The van der Waals surface area contributed by atoms with Crippen molar-refractivity contribution in [2.45, 2.75) is 58.7 Å². The average Bonchev–Trinajstić information content (AvgIpc) is 2.79. The maximum Gasteiger partial charge on any atom is 0.161 e. The monoisotopic (exact) mass is 425 g/mol. The summed E-state index contributed by atoms with van der Waals surface area (Å²) in [5, 5.41) is 12.6. The van der Waals surface area contributed by atoms with E-state index in [0.29, 0.717) is 34.7 Å². The highest BCUT2D eigenvalue weighted by Crippen LogP contribution is 2.21. The number of ether oxygens (including phenoxy) is 1. The lowest BCUT2D eigenvalue weighted by Gasteiger charge is -2.18. The Labute approximate surface area is 158 Å². The quantitative estimate of drug-likeness (QED) is 0.307. The number of aromatic nitrogens is 3. The largest absolute Gasteiger partial charge is 0.858 e. The fraction of sp³-hybridized carbons (Fsp3) is 0.588. The molecule has 0 aliphatic carbocycles. The first-order valence-electron chi connectivity index (χ1n) is 8.33. The van der Waals surface area contributed by atoms with Crippen LogP contribution in [0.3, 0.4) is 0 Å². The van der Waals surface area contributed by atoms with Crippen LogP contribution in [0, 0.1) is 0 Å². The van der Waals surface area contributed by atoms with Crippen LogP contribution in [0.2, 0.25) is 25.7 Å². The third kappa shape index (κ3) is 5.90. The highest BCUT2D eigenvalue weighted by molar-refractivity contribution is 9.10. The zero-order valence-electron chi connectivity index (χ0n) is 15.8. The first kappa shape index (κ1) is 20.1. The number of aliphatic imine (C=N–C) groups is 1. The molecule has 0 aliphatic heterocycles. The summed E-state index contributed by atoms with van der Waals surface area (Å²) in [6.45, 7) is 13.7. The van der Waals surface area contributed by atoms with Crippen molar-refractivity contribution in [3.63, 3.8) is 0 Å². The van der Waals surface area contributed by atoms with Crippen LogP contribution in [0.25, 0.3) is 11.2 Å². The Hall–Kier alpha value is -1.25. The zero-order chi connectivity index (χ0) is 18.8. The van der Waals surface area contributed by atoms with Gasteiger partial charge < -0.3 is 14.4 Å². The molecule has 0 aliphatic rings. The fourth-order valence-corrected chi connectivity index (χ4v) is 3.23. The topological polar surface area (TPSA) is 75.4 Å². The molecule has 25 heavy (non-hydrogen) atoms. The lowest BCUT2D eigenvalue weighted by atomic mass is 10.1. The average molecular weight is 426 g/mol. The normalized spacial score (nSPS) is 13.6. The number of hydrogen-bond donors (Lipinski definition) is 0. The molecule has 0 bridgehead atoms. The second-order valence-electron chi connectivity index (χ2n) is 8.31. The molecule has 2 rings (SSSR count). The Morgan fingerprint density at radius 3 is 2.64 bits per heavy atom. The standard InChI is InChI=1S/C17H27BrN4O2Si/c1-17(2,3)21-16(23)12-10-22(11-24-7-8-25(4,5)6)15-14(12)20-13(18)9-19-15/h9-10H,7-8,11H2,1-6H3,(H,21,23)/p-1. The van der Waals surface area contributed by atoms with E-state index in [1.54, 1.807) is 12.4 Å². The highest BCUT2D eigenvalue weighted by atomic mass is 79.9. The summed E-state index contributed by atoms with van der Waals surface area (Å²) in [5.74, 6) is -0.286. The van der Waals surface area contributed by atoms with E-state index >= 15 is 0 Å². The maximum atomic E-state index is 12.6. The molecule has 6 nitrogen and oxygen atoms in total. The summed E-state index contributed by atoms with van der Waals surface area (Å²) in [4.78, 5) is 13.0. The number of nitrogens with zero attached hydrogens (tertiary/aromatic N) is 4. The maximum absolute atomic E-state index is 12.6. The molecule has 2 heterocycles. The number of hydrogen-bond acceptors (Lipinski definition) is 5. The predicted octanol–water partition coefficient (Wildman–Crippen LogP) is 3.41. The van der Waals surface area contributed by atoms with Crippen LogP contribution in [0.1, 0.15) is 26.3 Å². The molecule has 0 aromatic carbocycles. The number of fused-ring (bicyclic) bond motifs is 1. The van der Waals surface area contributed by atoms with Gasteiger partial charge in [0.05, 0.1) is 11.7 Å². The smallest absolute Gasteiger partial charge is 0.161 e. The van der Waals surface area contributed by atoms with Crippen LogP contribution in [-0.4, -0.2) is 40.7 Å². The van der Waals surface area contributed by atoms with E-state index in [4.69, 9.17) is 4.74 Å². The van der Waals surface area contributed by atoms with Crippen molar-refractivity contribution in [1.82, 2.24) is 14.5 Å². The van der Waals surface area contributed by atoms with Crippen LogP contribution < -0.4 is 5.11 Å². The van der Waals surface area contributed by atoms with Gasteiger partial charge in [-0.3, -0.25) is 4.99 Å². The molecule has 0 amide bonds. The van der Waals surface area contributed by atoms with Gasteiger partial charge >= 0.3 is 0 Å². The zero-order valence-corrected chi connectivity index (χ0v) is 18.3. The van der Waals surface area contributed by atoms with Gasteiger partial charge in [-0.1, -0.05) is 19.6 Å². The van der Waals surface area contributed by atoms with Gasteiger partial charge in [0, 0.05) is 26.4 Å². The van der Waals surface area contributed by atoms with E-state index in [-0.39, 0.29) is 5.90 Å². The van der Waals surface area contributed by atoms with Crippen LogP contribution in [0.5, 0.6) is 0 Å². The molecular formula is C17H26BrN4O2Si-. The summed E-state index contributed by atoms with van der Waals surface area (Å²) >= 11 is 3.32. The minimum Gasteiger partial charge on any atom is -0.858 e. The van der Waals surface area contributed by atoms with Crippen molar-refractivity contribution in [2.75, 3.05) is 6.61 Å². The van der Waals surface area contributed by atoms with E-state index < -0.39 is 13.6 Å². The van der Waals surface area contributed by atoms with Gasteiger partial charge in [0.1, 0.15) is 16.9 Å². The van der Waals surface area contributed by atoms with E-state index in [0.717, 1.165) is 6.04 Å². The molecule has 0 spiro atoms. The summed E-state index contributed by atoms with van der Waals surface area (Å²) in [7, 11) is -1.13. The van der Waals surface area contributed by atoms with Gasteiger partial charge in [0.15, 0.2) is 5.65 Å².